The summed E-state index contributed by atoms with van der Waals surface area (Å²) in [4.78, 5) is 28.5. The molecule has 2 saturated heterocycles. The second-order valence-corrected chi connectivity index (χ2v) is 8.38. The lowest BCUT2D eigenvalue weighted by Gasteiger charge is -2.32. The molecule has 3 rings (SSSR count). The maximum Gasteiger partial charge on any atom is 0.253 e. The van der Waals surface area contributed by atoms with Crippen LogP contribution < -0.4 is 4.74 Å². The number of hydrogen-bond donors (Lipinski definition) is 0. The van der Waals surface area contributed by atoms with Gasteiger partial charge < -0.3 is 14.5 Å². The molecule has 1 aromatic rings. The summed E-state index contributed by atoms with van der Waals surface area (Å²) in [5, 5.41) is 0. The van der Waals surface area contributed by atoms with Gasteiger partial charge in [0.2, 0.25) is 5.91 Å². The molecule has 5 nitrogen and oxygen atoms in total. The van der Waals surface area contributed by atoms with Crippen LogP contribution >= 0.6 is 0 Å². The Bertz CT molecular complexity index is 642. The first-order chi connectivity index (χ1) is 13.6. The number of nitrogens with zero attached hydrogens (tertiary/aromatic N) is 2. The zero-order chi connectivity index (χ0) is 19.9. The van der Waals surface area contributed by atoms with Crippen molar-refractivity contribution < 1.29 is 14.3 Å². The van der Waals surface area contributed by atoms with Crippen molar-refractivity contribution in [1.82, 2.24) is 9.80 Å². The minimum Gasteiger partial charge on any atom is -0.493 e. The average Bonchev–Trinajstić information content (AvgIpc) is 2.73. The number of amides is 2. The third kappa shape index (κ3) is 5.49. The van der Waals surface area contributed by atoms with E-state index in [1.165, 1.54) is 0 Å². The molecule has 0 aliphatic carbocycles. The summed E-state index contributed by atoms with van der Waals surface area (Å²) in [7, 11) is 0. The number of likely N-dealkylation sites (tertiary alicyclic amines) is 2. The fraction of sp³-hybridized carbons (Fsp3) is 0.652. The van der Waals surface area contributed by atoms with Crippen LogP contribution in [0.3, 0.4) is 0 Å². The first kappa shape index (κ1) is 20.7. The Kier molecular flexibility index (Phi) is 7.35. The molecule has 5 heteroatoms. The second kappa shape index (κ2) is 9.94. The molecule has 2 aliphatic rings. The van der Waals surface area contributed by atoms with Crippen LogP contribution in [-0.4, -0.2) is 54.4 Å². The summed E-state index contributed by atoms with van der Waals surface area (Å²) < 4.78 is 5.95. The van der Waals surface area contributed by atoms with Crippen LogP contribution in [0, 0.1) is 11.8 Å². The number of rotatable bonds is 6. The fourth-order valence-corrected chi connectivity index (χ4v) is 4.02. The van der Waals surface area contributed by atoms with E-state index in [1.807, 2.05) is 41.0 Å². The average molecular weight is 387 g/mol. The van der Waals surface area contributed by atoms with E-state index in [1.54, 1.807) is 0 Å². The van der Waals surface area contributed by atoms with E-state index in [2.05, 4.69) is 6.92 Å². The van der Waals surface area contributed by atoms with Crippen molar-refractivity contribution in [1.29, 1.82) is 0 Å². The van der Waals surface area contributed by atoms with E-state index < -0.39 is 0 Å². The first-order valence-corrected chi connectivity index (χ1v) is 10.9. The molecular weight excluding hydrogens is 352 g/mol. The fourth-order valence-electron chi connectivity index (χ4n) is 4.02. The summed E-state index contributed by atoms with van der Waals surface area (Å²) in [5.41, 5.74) is 0.740. The number of carbonyl (C=O) groups is 2. The molecule has 154 valence electrons. The van der Waals surface area contributed by atoms with Crippen molar-refractivity contribution >= 4 is 11.8 Å². The Hall–Kier alpha value is -2.04. The quantitative estimate of drug-likeness (QED) is 0.743. The predicted octanol–water partition coefficient (Wildman–Crippen LogP) is 3.98. The van der Waals surface area contributed by atoms with E-state index >= 15 is 0 Å². The van der Waals surface area contributed by atoms with E-state index in [0.717, 1.165) is 75.5 Å². The molecule has 0 bridgehead atoms. The molecule has 0 atom stereocenters. The molecule has 0 spiro atoms. The van der Waals surface area contributed by atoms with Crippen LogP contribution in [0.25, 0.3) is 0 Å². The van der Waals surface area contributed by atoms with Gasteiger partial charge >= 0.3 is 0 Å². The van der Waals surface area contributed by atoms with Gasteiger partial charge in [0.1, 0.15) is 5.75 Å². The Morgan fingerprint density at radius 2 is 1.57 bits per heavy atom. The van der Waals surface area contributed by atoms with Crippen LogP contribution in [0.15, 0.2) is 24.3 Å². The van der Waals surface area contributed by atoms with E-state index in [4.69, 9.17) is 4.74 Å². The van der Waals surface area contributed by atoms with Gasteiger partial charge in [-0.05, 0) is 68.2 Å². The Morgan fingerprint density at radius 1 is 0.964 bits per heavy atom. The highest BCUT2D eigenvalue weighted by Gasteiger charge is 2.23. The van der Waals surface area contributed by atoms with Crippen LogP contribution in [0.4, 0.5) is 0 Å². The molecule has 1 aromatic carbocycles. The number of hydrogen-bond acceptors (Lipinski definition) is 3. The van der Waals surface area contributed by atoms with Gasteiger partial charge in [-0.3, -0.25) is 9.59 Å². The molecule has 2 heterocycles. The molecule has 0 aromatic heterocycles. The SMILES string of the molecule is CCCC(=O)N1CCC(COc2ccc(C(=O)N3CCC(C)CC3)cc2)CC1. The molecule has 2 amide bonds. The Balaban J connectivity index is 1.42. The number of carbonyl (C=O) groups excluding carboxylic acids is 2. The maximum atomic E-state index is 12.6. The lowest BCUT2D eigenvalue weighted by Crippen LogP contribution is -2.39. The van der Waals surface area contributed by atoms with E-state index in [0.29, 0.717) is 18.9 Å². The topological polar surface area (TPSA) is 49.9 Å². The van der Waals surface area contributed by atoms with Gasteiger partial charge in [-0.2, -0.15) is 0 Å². The molecule has 2 aliphatic heterocycles. The molecular formula is C23H34N2O3. The lowest BCUT2D eigenvalue weighted by atomic mass is 9.97. The molecule has 28 heavy (non-hydrogen) atoms. The van der Waals surface area contributed by atoms with Crippen LogP contribution in [0.1, 0.15) is 62.7 Å². The highest BCUT2D eigenvalue weighted by Crippen LogP contribution is 2.22. The lowest BCUT2D eigenvalue weighted by molar-refractivity contribution is -0.132. The van der Waals surface area contributed by atoms with Gasteiger partial charge in [0.05, 0.1) is 6.61 Å². The number of ether oxygens (including phenoxy) is 1. The summed E-state index contributed by atoms with van der Waals surface area (Å²) in [6.45, 7) is 8.37. The molecule has 0 radical (unpaired) electrons. The van der Waals surface area contributed by atoms with Crippen molar-refractivity contribution in [2.24, 2.45) is 11.8 Å². The summed E-state index contributed by atoms with van der Waals surface area (Å²) in [5.74, 6) is 2.43. The number of piperidine rings is 2. The van der Waals surface area contributed by atoms with Crippen LogP contribution in [0.5, 0.6) is 5.75 Å². The maximum absolute atomic E-state index is 12.6. The van der Waals surface area contributed by atoms with Crippen molar-refractivity contribution in [2.75, 3.05) is 32.8 Å². The predicted molar refractivity (Wildman–Crippen MR) is 110 cm³/mol. The highest BCUT2D eigenvalue weighted by molar-refractivity contribution is 5.94. The zero-order valence-corrected chi connectivity index (χ0v) is 17.4. The molecule has 2 fully saturated rings. The van der Waals surface area contributed by atoms with E-state index in [-0.39, 0.29) is 11.8 Å². The van der Waals surface area contributed by atoms with Crippen molar-refractivity contribution in [3.63, 3.8) is 0 Å². The Morgan fingerprint density at radius 3 is 2.18 bits per heavy atom. The standard InChI is InChI=1S/C23H34N2O3/c1-3-4-22(26)24-15-11-19(12-16-24)17-28-21-7-5-20(6-8-21)23(27)25-13-9-18(2)10-14-25/h5-8,18-19H,3-4,9-17H2,1-2H3. The summed E-state index contributed by atoms with van der Waals surface area (Å²) >= 11 is 0. The third-order valence-corrected chi connectivity index (χ3v) is 6.09. The zero-order valence-electron chi connectivity index (χ0n) is 17.4. The van der Waals surface area contributed by atoms with Gasteiger partial charge in [0.25, 0.3) is 5.91 Å². The van der Waals surface area contributed by atoms with Crippen LogP contribution in [0.2, 0.25) is 0 Å². The smallest absolute Gasteiger partial charge is 0.253 e. The van der Waals surface area contributed by atoms with Gasteiger partial charge in [-0.15, -0.1) is 0 Å². The van der Waals surface area contributed by atoms with Gasteiger partial charge in [0, 0.05) is 38.2 Å². The highest BCUT2D eigenvalue weighted by atomic mass is 16.5. The molecule has 0 unspecified atom stereocenters. The summed E-state index contributed by atoms with van der Waals surface area (Å²) in [6.07, 6.45) is 5.75. The molecule has 0 saturated carbocycles. The summed E-state index contributed by atoms with van der Waals surface area (Å²) in [6, 6.07) is 7.56. The third-order valence-electron chi connectivity index (χ3n) is 6.09. The second-order valence-electron chi connectivity index (χ2n) is 8.38. The monoisotopic (exact) mass is 386 g/mol. The van der Waals surface area contributed by atoms with Gasteiger partial charge in [-0.25, -0.2) is 0 Å². The largest absolute Gasteiger partial charge is 0.493 e. The van der Waals surface area contributed by atoms with E-state index in [9.17, 15) is 9.59 Å². The van der Waals surface area contributed by atoms with Crippen molar-refractivity contribution in [2.45, 2.75) is 52.4 Å². The van der Waals surface area contributed by atoms with Gasteiger partial charge in [-0.1, -0.05) is 13.8 Å². The molecule has 0 N–H and O–H groups in total. The minimum absolute atomic E-state index is 0.127. The van der Waals surface area contributed by atoms with Gasteiger partial charge in [0.15, 0.2) is 0 Å². The minimum atomic E-state index is 0.127. The first-order valence-electron chi connectivity index (χ1n) is 10.9. The van der Waals surface area contributed by atoms with Crippen molar-refractivity contribution in [3.8, 4) is 5.75 Å². The van der Waals surface area contributed by atoms with Crippen LogP contribution in [-0.2, 0) is 4.79 Å². The Labute approximate surface area is 169 Å². The normalized spacial score (nSPS) is 18.9. The van der Waals surface area contributed by atoms with Crippen molar-refractivity contribution in [3.05, 3.63) is 29.8 Å². The number of benzene rings is 1.